The molecule has 0 saturated carbocycles. The molecule has 0 fully saturated rings. The monoisotopic (exact) mass is 509 g/mol. The molecule has 218 valence electrons. The second-order valence-corrected chi connectivity index (χ2v) is 12.6. The van der Waals surface area contributed by atoms with Crippen molar-refractivity contribution in [2.75, 3.05) is 27.2 Å². The van der Waals surface area contributed by atoms with Crippen LogP contribution in [-0.4, -0.2) is 40.1 Å². The molecule has 36 heavy (non-hydrogen) atoms. The highest BCUT2D eigenvalue weighted by atomic mass is 15.3. The number of rotatable bonds is 30. The number of hydrogen-bond acceptors (Lipinski definition) is 0. The van der Waals surface area contributed by atoms with Crippen LogP contribution in [-0.2, 0) is 0 Å². The number of nitrogens with zero attached hydrogens (tertiary/aromatic N) is 1. The largest absolute Gasteiger partial charge is 0.328 e. The summed E-state index contributed by atoms with van der Waals surface area (Å²) in [6.45, 7) is 7.38. The minimum absolute atomic E-state index is 0. The Morgan fingerprint density at radius 1 is 0.278 bits per heavy atom. The van der Waals surface area contributed by atoms with Crippen molar-refractivity contribution in [1.29, 1.82) is 0 Å². The maximum Gasteiger partial charge on any atom is 0.0814 e. The molecule has 0 atom stereocenters. The van der Waals surface area contributed by atoms with Gasteiger partial charge in [0.2, 0.25) is 0 Å². The number of unbranched alkanes of at least 4 members (excludes halogenated alkanes) is 26. The van der Waals surface area contributed by atoms with Gasteiger partial charge < -0.3 is 4.48 Å². The lowest BCUT2D eigenvalue weighted by Gasteiger charge is -2.30. The molecule has 0 aliphatic heterocycles. The third-order valence-electron chi connectivity index (χ3n) is 8.23. The predicted octanol–water partition coefficient (Wildman–Crippen LogP) is 10.8. The van der Waals surface area contributed by atoms with Crippen LogP contribution in [0.1, 0.15) is 194 Å². The summed E-state index contributed by atoms with van der Waals surface area (Å²) < 4.78 is 1.25. The number of hydrogen-bond donors (Lipinski definition) is 0. The van der Waals surface area contributed by atoms with Gasteiger partial charge in [-0.15, -0.1) is 0 Å². The van der Waals surface area contributed by atoms with E-state index in [0.717, 1.165) is 0 Å². The van der Waals surface area contributed by atoms with Gasteiger partial charge in [0.1, 0.15) is 0 Å². The van der Waals surface area contributed by atoms with E-state index in [1.807, 2.05) is 0 Å². The first-order chi connectivity index (χ1) is 17.1. The van der Waals surface area contributed by atoms with Crippen LogP contribution in [0.4, 0.5) is 0 Å². The number of quaternary nitrogens is 1. The zero-order chi connectivity index (χ0) is 25.7. The Balaban J connectivity index is 0. The van der Waals surface area contributed by atoms with Gasteiger partial charge in [0.15, 0.2) is 0 Å². The Morgan fingerprint density at radius 2 is 0.444 bits per heavy atom. The summed E-state index contributed by atoms with van der Waals surface area (Å²) in [7, 11) is 4.93. The molecule has 0 aromatic carbocycles. The Hall–Kier alpha value is 0.0249. The van der Waals surface area contributed by atoms with E-state index in [9.17, 15) is 0 Å². The van der Waals surface area contributed by atoms with Crippen LogP contribution in [0.2, 0.25) is 0 Å². The fraction of sp³-hybridized carbons (Fsp3) is 1.00. The summed E-state index contributed by atoms with van der Waals surface area (Å²) in [5, 5.41) is 0. The van der Waals surface area contributed by atoms with Crippen molar-refractivity contribution >= 4 is 8.41 Å². The average molecular weight is 509 g/mol. The van der Waals surface area contributed by atoms with E-state index in [-0.39, 0.29) is 8.41 Å². The Labute approximate surface area is 233 Å². The molecule has 0 radical (unpaired) electrons. The summed E-state index contributed by atoms with van der Waals surface area (Å²) in [6, 6.07) is 0. The molecular formula is C34H75BN+. The first kappa shape index (κ1) is 38.2. The molecule has 0 spiro atoms. The van der Waals surface area contributed by atoms with Crippen LogP contribution < -0.4 is 0 Å². The molecule has 2 heteroatoms. The summed E-state index contributed by atoms with van der Waals surface area (Å²) in [6.07, 6.45) is 40.9. The minimum Gasteiger partial charge on any atom is -0.328 e. The van der Waals surface area contributed by atoms with E-state index >= 15 is 0 Å². The lowest BCUT2D eigenvalue weighted by Crippen LogP contribution is -2.41. The van der Waals surface area contributed by atoms with E-state index < -0.39 is 0 Å². The highest BCUT2D eigenvalue weighted by Crippen LogP contribution is 2.15. The molecule has 0 rings (SSSR count). The molecule has 0 heterocycles. The molecule has 1 nitrogen and oxygen atoms in total. The van der Waals surface area contributed by atoms with Gasteiger partial charge in [0.05, 0.1) is 35.6 Å². The molecule has 0 saturated heterocycles. The van der Waals surface area contributed by atoms with Gasteiger partial charge in [-0.25, -0.2) is 0 Å². The van der Waals surface area contributed by atoms with Crippen molar-refractivity contribution in [3.63, 3.8) is 0 Å². The van der Waals surface area contributed by atoms with Crippen molar-refractivity contribution in [3.8, 4) is 0 Å². The van der Waals surface area contributed by atoms with Crippen LogP contribution >= 0.6 is 0 Å². The van der Waals surface area contributed by atoms with E-state index in [0.29, 0.717) is 0 Å². The summed E-state index contributed by atoms with van der Waals surface area (Å²) in [4.78, 5) is 0. The van der Waals surface area contributed by atoms with Crippen LogP contribution in [0.5, 0.6) is 0 Å². The third-order valence-corrected chi connectivity index (χ3v) is 8.23. The zero-order valence-corrected chi connectivity index (χ0v) is 25.7. The van der Waals surface area contributed by atoms with Crippen LogP contribution in [0.15, 0.2) is 0 Å². The lowest BCUT2D eigenvalue weighted by molar-refractivity contribution is -0.890. The fourth-order valence-electron chi connectivity index (χ4n) is 5.58. The maximum absolute atomic E-state index is 2.46. The van der Waals surface area contributed by atoms with Gasteiger partial charge >= 0.3 is 0 Å². The molecular weight excluding hydrogens is 433 g/mol. The first-order valence-corrected chi connectivity index (χ1v) is 16.9. The van der Waals surface area contributed by atoms with Crippen molar-refractivity contribution in [2.45, 2.75) is 194 Å². The molecule has 0 aromatic heterocycles. The average Bonchev–Trinajstić information content (AvgIpc) is 2.84. The van der Waals surface area contributed by atoms with E-state index in [2.05, 4.69) is 27.9 Å². The van der Waals surface area contributed by atoms with Gasteiger partial charge in [-0.1, -0.05) is 168 Å². The van der Waals surface area contributed by atoms with Gasteiger partial charge in [0, 0.05) is 0 Å². The van der Waals surface area contributed by atoms with Gasteiger partial charge in [-0.3, -0.25) is 0 Å². The maximum atomic E-state index is 2.46. The van der Waals surface area contributed by atoms with E-state index in [4.69, 9.17) is 0 Å². The summed E-state index contributed by atoms with van der Waals surface area (Å²) in [5.41, 5.74) is 0. The second kappa shape index (κ2) is 31.2. The highest BCUT2D eigenvalue weighted by Gasteiger charge is 2.13. The van der Waals surface area contributed by atoms with Crippen molar-refractivity contribution in [2.24, 2.45) is 0 Å². The van der Waals surface area contributed by atoms with Crippen LogP contribution in [0.25, 0.3) is 0 Å². The predicted molar refractivity (Wildman–Crippen MR) is 172 cm³/mol. The standard InChI is InChI=1S/C34H72N.BH3/c1-5-7-9-11-13-15-17-19-21-23-25-27-29-31-33-35(3,4)34-32-30-28-26-24-22-20-18-16-14-12-10-8-6-2;/h5-34H2,1-4H3;1H3/q+1;. The fourth-order valence-corrected chi connectivity index (χ4v) is 5.58. The summed E-state index contributed by atoms with van der Waals surface area (Å²) in [5.74, 6) is 0. The molecule has 0 amide bonds. The van der Waals surface area contributed by atoms with E-state index in [1.54, 1.807) is 0 Å². The van der Waals surface area contributed by atoms with E-state index in [1.165, 1.54) is 197 Å². The Bertz CT molecular complexity index is 347. The van der Waals surface area contributed by atoms with Gasteiger partial charge in [0.25, 0.3) is 0 Å². The second-order valence-electron chi connectivity index (χ2n) is 12.6. The molecule has 0 aliphatic carbocycles. The van der Waals surface area contributed by atoms with Crippen molar-refractivity contribution in [1.82, 2.24) is 0 Å². The quantitative estimate of drug-likeness (QED) is 0.0514. The van der Waals surface area contributed by atoms with Gasteiger partial charge in [-0.05, 0) is 25.7 Å². The van der Waals surface area contributed by atoms with Crippen molar-refractivity contribution < 1.29 is 4.48 Å². The van der Waals surface area contributed by atoms with Crippen molar-refractivity contribution in [3.05, 3.63) is 0 Å². The lowest BCUT2D eigenvalue weighted by atomic mass is 10.0. The molecule has 0 aliphatic rings. The first-order valence-electron chi connectivity index (χ1n) is 16.9. The molecule has 0 unspecified atom stereocenters. The normalized spacial score (nSPS) is 11.7. The highest BCUT2D eigenvalue weighted by molar-refractivity contribution is 5.75. The van der Waals surface area contributed by atoms with Gasteiger partial charge in [-0.2, -0.15) is 0 Å². The topological polar surface area (TPSA) is 0 Å². The van der Waals surface area contributed by atoms with Crippen LogP contribution in [0, 0.1) is 0 Å². The SMILES string of the molecule is B.CCCCCCCCCCCCCCCC[N+](C)(C)CCCCCCCCCCCCCCCC. The molecule has 0 aromatic rings. The molecule has 0 N–H and O–H groups in total. The molecule has 0 bridgehead atoms. The summed E-state index contributed by atoms with van der Waals surface area (Å²) >= 11 is 0. The minimum atomic E-state index is 0. The zero-order valence-electron chi connectivity index (χ0n) is 25.7. The smallest absolute Gasteiger partial charge is 0.0814 e. The van der Waals surface area contributed by atoms with Crippen LogP contribution in [0.3, 0.4) is 0 Å². The third kappa shape index (κ3) is 32.1. The Kier molecular flexibility index (Phi) is 33.1. The Morgan fingerprint density at radius 3 is 0.639 bits per heavy atom.